The highest BCUT2D eigenvalue weighted by molar-refractivity contribution is 7.98. The molecule has 2 rings (SSSR count). The zero-order valence-electron chi connectivity index (χ0n) is 11.2. The molecule has 0 amide bonds. The number of aromatic nitrogens is 2. The van der Waals surface area contributed by atoms with Crippen LogP contribution in [0, 0.1) is 11.3 Å². The summed E-state index contributed by atoms with van der Waals surface area (Å²) in [4.78, 5) is 12.5. The third-order valence-corrected chi connectivity index (χ3v) is 3.46. The number of thioether (sulfide) groups is 1. The fourth-order valence-corrected chi connectivity index (χ4v) is 2.34. The number of carbonyl (C=O) groups excluding carboxylic acids is 1. The van der Waals surface area contributed by atoms with Crippen LogP contribution < -0.4 is 0 Å². The van der Waals surface area contributed by atoms with Gasteiger partial charge in [-0.05, 0) is 25.3 Å². The van der Waals surface area contributed by atoms with E-state index < -0.39 is 5.97 Å². The molecule has 0 unspecified atom stereocenters. The molecule has 0 saturated heterocycles. The van der Waals surface area contributed by atoms with E-state index in [1.165, 1.54) is 22.6 Å². The van der Waals surface area contributed by atoms with Crippen molar-refractivity contribution in [2.24, 2.45) is 0 Å². The fourth-order valence-electron chi connectivity index (χ4n) is 1.77. The molecule has 20 heavy (non-hydrogen) atoms. The Balaban J connectivity index is 2.43. The van der Waals surface area contributed by atoms with E-state index in [-0.39, 0.29) is 0 Å². The second-order valence-corrected chi connectivity index (χ2v) is 4.71. The van der Waals surface area contributed by atoms with Gasteiger partial charge in [0.25, 0.3) is 0 Å². The lowest BCUT2D eigenvalue weighted by atomic mass is 10.2. The van der Waals surface area contributed by atoms with E-state index in [0.717, 1.165) is 4.90 Å². The van der Waals surface area contributed by atoms with E-state index in [9.17, 15) is 10.1 Å². The molecular formula is C14H13N3O2S. The molecule has 0 radical (unpaired) electrons. The molecule has 1 aromatic heterocycles. The summed E-state index contributed by atoms with van der Waals surface area (Å²) in [6.45, 7) is 2.06. The molecule has 0 bridgehead atoms. The molecular weight excluding hydrogens is 274 g/mol. The van der Waals surface area contributed by atoms with Gasteiger partial charge in [-0.25, -0.2) is 9.48 Å². The van der Waals surface area contributed by atoms with Crippen LogP contribution in [0.5, 0.6) is 0 Å². The predicted octanol–water partition coefficient (Wildman–Crippen LogP) is 2.64. The zero-order valence-corrected chi connectivity index (χ0v) is 12.0. The maximum Gasteiger partial charge on any atom is 0.341 e. The van der Waals surface area contributed by atoms with Crippen LogP contribution in [0.1, 0.15) is 22.8 Å². The molecule has 0 spiro atoms. The quantitative estimate of drug-likeness (QED) is 0.638. The van der Waals surface area contributed by atoms with Crippen molar-refractivity contribution in [1.29, 1.82) is 5.26 Å². The highest BCUT2D eigenvalue weighted by Crippen LogP contribution is 2.25. The Morgan fingerprint density at radius 3 is 3.00 bits per heavy atom. The molecule has 0 aliphatic rings. The van der Waals surface area contributed by atoms with E-state index in [1.807, 2.05) is 18.4 Å². The van der Waals surface area contributed by atoms with Gasteiger partial charge in [-0.1, -0.05) is 6.07 Å². The maximum atomic E-state index is 11.6. The van der Waals surface area contributed by atoms with Crippen molar-refractivity contribution in [3.63, 3.8) is 0 Å². The monoisotopic (exact) mass is 287 g/mol. The molecule has 2 aromatic rings. The normalized spacial score (nSPS) is 10.1. The van der Waals surface area contributed by atoms with Gasteiger partial charge in [0.2, 0.25) is 0 Å². The maximum absolute atomic E-state index is 11.6. The van der Waals surface area contributed by atoms with E-state index in [1.54, 1.807) is 19.2 Å². The first kappa shape index (κ1) is 14.2. The summed E-state index contributed by atoms with van der Waals surface area (Å²) >= 11 is 1.49. The smallest absolute Gasteiger partial charge is 0.341 e. The Morgan fingerprint density at radius 2 is 2.35 bits per heavy atom. The number of hydrogen-bond donors (Lipinski definition) is 0. The summed E-state index contributed by atoms with van der Waals surface area (Å²) in [5.74, 6) is -0.418. The van der Waals surface area contributed by atoms with Crippen LogP contribution in [0.25, 0.3) is 5.69 Å². The zero-order chi connectivity index (χ0) is 14.5. The van der Waals surface area contributed by atoms with Crippen molar-refractivity contribution in [1.82, 2.24) is 9.78 Å². The average Bonchev–Trinajstić information content (AvgIpc) is 2.96. The SMILES string of the molecule is CCOC(=O)c1cnn(-c2cccc(SC)c2C#N)c1. The van der Waals surface area contributed by atoms with Crippen LogP contribution in [0.2, 0.25) is 0 Å². The third kappa shape index (κ3) is 2.68. The summed E-state index contributed by atoms with van der Waals surface area (Å²) in [7, 11) is 0. The Hall–Kier alpha value is -2.26. The van der Waals surface area contributed by atoms with Crippen LogP contribution in [-0.4, -0.2) is 28.6 Å². The Morgan fingerprint density at radius 1 is 1.55 bits per heavy atom. The van der Waals surface area contributed by atoms with Crippen molar-refractivity contribution >= 4 is 17.7 Å². The standard InChI is InChI=1S/C14H13N3O2S/c1-3-19-14(18)10-8-16-17(9-10)12-5-4-6-13(20-2)11(12)7-15/h4-6,8-9H,3H2,1-2H3. The Bertz CT molecular complexity index is 673. The van der Waals surface area contributed by atoms with Gasteiger partial charge in [-0.15, -0.1) is 11.8 Å². The van der Waals surface area contributed by atoms with Gasteiger partial charge >= 0.3 is 5.97 Å². The largest absolute Gasteiger partial charge is 0.462 e. The first-order chi connectivity index (χ1) is 9.71. The lowest BCUT2D eigenvalue weighted by Crippen LogP contribution is -2.03. The predicted molar refractivity (Wildman–Crippen MR) is 76.0 cm³/mol. The van der Waals surface area contributed by atoms with E-state index in [0.29, 0.717) is 23.4 Å². The van der Waals surface area contributed by atoms with Crippen molar-refractivity contribution in [2.75, 3.05) is 12.9 Å². The Kier molecular flexibility index (Phi) is 4.43. The van der Waals surface area contributed by atoms with Gasteiger partial charge < -0.3 is 4.74 Å². The van der Waals surface area contributed by atoms with Gasteiger partial charge in [0, 0.05) is 11.1 Å². The second-order valence-electron chi connectivity index (χ2n) is 3.86. The molecule has 0 aliphatic heterocycles. The van der Waals surface area contributed by atoms with E-state index in [4.69, 9.17) is 4.74 Å². The number of rotatable bonds is 4. The molecule has 0 aliphatic carbocycles. The van der Waals surface area contributed by atoms with Crippen LogP contribution in [0.15, 0.2) is 35.5 Å². The number of carbonyl (C=O) groups is 1. The topological polar surface area (TPSA) is 67.9 Å². The van der Waals surface area contributed by atoms with Crippen LogP contribution in [0.4, 0.5) is 0 Å². The summed E-state index contributed by atoms with van der Waals surface area (Å²) in [5, 5.41) is 13.4. The first-order valence-electron chi connectivity index (χ1n) is 6.00. The molecule has 0 N–H and O–H groups in total. The summed E-state index contributed by atoms with van der Waals surface area (Å²) in [6, 6.07) is 7.70. The number of nitrogens with zero attached hydrogens (tertiary/aromatic N) is 3. The number of nitriles is 1. The van der Waals surface area contributed by atoms with Crippen LogP contribution >= 0.6 is 11.8 Å². The van der Waals surface area contributed by atoms with Gasteiger partial charge in [0.1, 0.15) is 6.07 Å². The minimum absolute atomic E-state index is 0.315. The first-order valence-corrected chi connectivity index (χ1v) is 7.23. The Labute approximate surface area is 121 Å². The minimum Gasteiger partial charge on any atom is -0.462 e. The van der Waals surface area contributed by atoms with Gasteiger partial charge in [-0.2, -0.15) is 10.4 Å². The molecule has 0 atom stereocenters. The van der Waals surface area contributed by atoms with Crippen LogP contribution in [-0.2, 0) is 4.74 Å². The molecule has 5 nitrogen and oxygen atoms in total. The van der Waals surface area contributed by atoms with Gasteiger partial charge in [0.15, 0.2) is 0 Å². The molecule has 0 saturated carbocycles. The van der Waals surface area contributed by atoms with Gasteiger partial charge in [-0.3, -0.25) is 0 Å². The second kappa shape index (κ2) is 6.26. The highest BCUT2D eigenvalue weighted by Gasteiger charge is 2.13. The minimum atomic E-state index is -0.418. The lowest BCUT2D eigenvalue weighted by Gasteiger charge is -2.07. The average molecular weight is 287 g/mol. The van der Waals surface area contributed by atoms with E-state index >= 15 is 0 Å². The van der Waals surface area contributed by atoms with Crippen molar-refractivity contribution < 1.29 is 9.53 Å². The summed E-state index contributed by atoms with van der Waals surface area (Å²) < 4.78 is 6.44. The molecule has 1 aromatic carbocycles. The van der Waals surface area contributed by atoms with E-state index in [2.05, 4.69) is 11.2 Å². The number of benzene rings is 1. The molecule has 6 heteroatoms. The van der Waals surface area contributed by atoms with Crippen LogP contribution in [0.3, 0.4) is 0 Å². The number of ether oxygens (including phenoxy) is 1. The van der Waals surface area contributed by atoms with Gasteiger partial charge in [0.05, 0.1) is 29.6 Å². The molecule has 0 fully saturated rings. The molecule has 102 valence electrons. The number of esters is 1. The molecule has 1 heterocycles. The highest BCUT2D eigenvalue weighted by atomic mass is 32.2. The van der Waals surface area contributed by atoms with Crippen molar-refractivity contribution in [3.05, 3.63) is 41.7 Å². The van der Waals surface area contributed by atoms with Crippen molar-refractivity contribution in [2.45, 2.75) is 11.8 Å². The lowest BCUT2D eigenvalue weighted by molar-refractivity contribution is 0.0526. The summed E-state index contributed by atoms with van der Waals surface area (Å²) in [6.07, 6.45) is 4.91. The fraction of sp³-hybridized carbons (Fsp3) is 0.214. The third-order valence-electron chi connectivity index (χ3n) is 2.68. The summed E-state index contributed by atoms with van der Waals surface area (Å²) in [5.41, 5.74) is 1.55. The van der Waals surface area contributed by atoms with Crippen molar-refractivity contribution in [3.8, 4) is 11.8 Å². The number of hydrogen-bond acceptors (Lipinski definition) is 5.